The highest BCUT2D eigenvalue weighted by atomic mass is 16.5. The van der Waals surface area contributed by atoms with Gasteiger partial charge in [-0.3, -0.25) is 0 Å². The largest absolute Gasteiger partial charge is 0.507 e. The van der Waals surface area contributed by atoms with Crippen LogP contribution in [0, 0.1) is 0 Å². The predicted octanol–water partition coefficient (Wildman–Crippen LogP) is 8.28. The van der Waals surface area contributed by atoms with Crippen LogP contribution in [-0.4, -0.2) is 31.5 Å². The fourth-order valence-corrected chi connectivity index (χ4v) is 3.79. The first-order valence-corrected chi connectivity index (χ1v) is 14.1. The number of aromatic hydroxyl groups is 1. The van der Waals surface area contributed by atoms with Crippen LogP contribution >= 0.6 is 0 Å². The Kier molecular flexibility index (Phi) is 14.7. The molecule has 202 valence electrons. The van der Waals surface area contributed by atoms with E-state index in [1.807, 2.05) is 12.1 Å². The van der Waals surface area contributed by atoms with Gasteiger partial charge in [-0.15, -0.1) is 0 Å². The van der Waals surface area contributed by atoms with E-state index in [1.165, 1.54) is 5.56 Å². The lowest BCUT2D eigenvalue weighted by Gasteiger charge is -2.16. The van der Waals surface area contributed by atoms with Gasteiger partial charge in [0.15, 0.2) is 11.5 Å². The van der Waals surface area contributed by atoms with Crippen LogP contribution in [0.3, 0.4) is 0 Å². The molecule has 0 bridgehead atoms. The maximum Gasteiger partial charge on any atom is 0.161 e. The molecule has 0 aliphatic heterocycles. The number of unbranched alkanes of at least 4 members (excludes halogenated alkanes) is 4. The molecule has 5 heteroatoms. The molecule has 0 saturated heterocycles. The molecule has 0 heterocycles. The molecule has 0 spiro atoms. The first-order chi connectivity index (χ1) is 17.6. The van der Waals surface area contributed by atoms with Crippen LogP contribution in [0.15, 0.2) is 30.3 Å². The monoisotopic (exact) mass is 500 g/mol. The van der Waals surface area contributed by atoms with E-state index in [0.717, 1.165) is 93.4 Å². The van der Waals surface area contributed by atoms with Gasteiger partial charge in [0.2, 0.25) is 0 Å². The second-order valence-corrected chi connectivity index (χ2v) is 9.36. The van der Waals surface area contributed by atoms with Gasteiger partial charge in [-0.05, 0) is 62.6 Å². The molecule has 0 aromatic heterocycles. The molecule has 1 N–H and O–H groups in total. The number of phenolic OH excluding ortho intramolecular Hbond substituents is 1. The topological polar surface area (TPSA) is 57.2 Å². The van der Waals surface area contributed by atoms with Crippen LogP contribution < -0.4 is 18.9 Å². The molecule has 0 aliphatic carbocycles. The van der Waals surface area contributed by atoms with Crippen LogP contribution in [0.5, 0.6) is 28.7 Å². The van der Waals surface area contributed by atoms with Crippen molar-refractivity contribution in [1.29, 1.82) is 0 Å². The standard InChI is InChI=1S/C31H48O5/c1-5-9-18-33-26-23-28(32)27(30(24-26)35-20-11-7-3)15-13-14-25-16-17-29(34-19-10-6-2)31(22-25)36-21-12-8-4/h16-17,22-24,32H,5-15,18-21H2,1-4H3. The fraction of sp³-hybridized carbons (Fsp3) is 0.613. The van der Waals surface area contributed by atoms with E-state index in [4.69, 9.17) is 18.9 Å². The molecule has 0 atom stereocenters. The zero-order valence-electron chi connectivity index (χ0n) is 23.1. The zero-order chi connectivity index (χ0) is 26.0. The van der Waals surface area contributed by atoms with Crippen LogP contribution in [0.1, 0.15) is 96.6 Å². The minimum atomic E-state index is 0.249. The van der Waals surface area contributed by atoms with Crippen molar-refractivity contribution in [1.82, 2.24) is 0 Å². The van der Waals surface area contributed by atoms with E-state index in [9.17, 15) is 5.11 Å². The quantitative estimate of drug-likeness (QED) is 0.185. The third-order valence-corrected chi connectivity index (χ3v) is 6.09. The molecule has 0 saturated carbocycles. The Labute approximate surface area is 219 Å². The van der Waals surface area contributed by atoms with E-state index in [1.54, 1.807) is 6.07 Å². The summed E-state index contributed by atoms with van der Waals surface area (Å²) in [5.41, 5.74) is 2.06. The van der Waals surface area contributed by atoms with Crippen LogP contribution in [0.4, 0.5) is 0 Å². The molecule has 5 nitrogen and oxygen atoms in total. The van der Waals surface area contributed by atoms with E-state index in [0.29, 0.717) is 32.2 Å². The maximum absolute atomic E-state index is 10.8. The summed E-state index contributed by atoms with van der Waals surface area (Å²) in [6.07, 6.45) is 10.9. The molecule has 36 heavy (non-hydrogen) atoms. The lowest BCUT2D eigenvalue weighted by molar-refractivity contribution is 0.261. The van der Waals surface area contributed by atoms with Gasteiger partial charge in [0, 0.05) is 17.7 Å². The molecule has 0 aliphatic rings. The van der Waals surface area contributed by atoms with Crippen molar-refractivity contribution in [3.63, 3.8) is 0 Å². The Morgan fingerprint density at radius 2 is 1.11 bits per heavy atom. The minimum Gasteiger partial charge on any atom is -0.507 e. The highest BCUT2D eigenvalue weighted by Gasteiger charge is 2.14. The predicted molar refractivity (Wildman–Crippen MR) is 148 cm³/mol. The summed E-state index contributed by atoms with van der Waals surface area (Å²) in [7, 11) is 0. The Morgan fingerprint density at radius 3 is 1.72 bits per heavy atom. The normalized spacial score (nSPS) is 10.9. The SMILES string of the molecule is CCCCOc1cc(O)c(CCCc2ccc(OCCCC)c(OCCCC)c2)c(OCCCC)c1. The number of hydrogen-bond acceptors (Lipinski definition) is 5. The van der Waals surface area contributed by atoms with E-state index in [2.05, 4.69) is 39.8 Å². The molecule has 0 unspecified atom stereocenters. The first kappa shape index (κ1) is 29.7. The van der Waals surface area contributed by atoms with Crippen LogP contribution in [0.2, 0.25) is 0 Å². The summed E-state index contributed by atoms with van der Waals surface area (Å²) in [6.45, 7) is 11.3. The van der Waals surface area contributed by atoms with Gasteiger partial charge in [0.1, 0.15) is 17.2 Å². The smallest absolute Gasteiger partial charge is 0.161 e. The summed E-state index contributed by atoms with van der Waals surface area (Å²) in [4.78, 5) is 0. The summed E-state index contributed by atoms with van der Waals surface area (Å²) < 4.78 is 23.9. The molecular formula is C31H48O5. The van der Waals surface area contributed by atoms with Gasteiger partial charge in [-0.2, -0.15) is 0 Å². The van der Waals surface area contributed by atoms with Crippen molar-refractivity contribution in [2.75, 3.05) is 26.4 Å². The van der Waals surface area contributed by atoms with Crippen LogP contribution in [0.25, 0.3) is 0 Å². The number of benzene rings is 2. The molecule has 0 amide bonds. The summed E-state index contributed by atoms with van der Waals surface area (Å²) in [5.74, 6) is 3.31. The van der Waals surface area contributed by atoms with Gasteiger partial charge in [0.25, 0.3) is 0 Å². The number of phenols is 1. The highest BCUT2D eigenvalue weighted by Crippen LogP contribution is 2.35. The minimum absolute atomic E-state index is 0.249. The van der Waals surface area contributed by atoms with Gasteiger partial charge in [-0.1, -0.05) is 59.4 Å². The molecule has 2 aromatic carbocycles. The Hall–Kier alpha value is -2.56. The van der Waals surface area contributed by atoms with Crippen molar-refractivity contribution in [2.24, 2.45) is 0 Å². The average molecular weight is 501 g/mol. The lowest BCUT2D eigenvalue weighted by atomic mass is 10.0. The zero-order valence-corrected chi connectivity index (χ0v) is 23.1. The average Bonchev–Trinajstić information content (AvgIpc) is 2.87. The van der Waals surface area contributed by atoms with Crippen molar-refractivity contribution >= 4 is 0 Å². The number of aryl methyl sites for hydroxylation is 1. The Bertz CT molecular complexity index is 864. The second-order valence-electron chi connectivity index (χ2n) is 9.36. The van der Waals surface area contributed by atoms with Gasteiger partial charge in [-0.25, -0.2) is 0 Å². The Balaban J connectivity index is 2.08. The number of hydrogen-bond donors (Lipinski definition) is 1. The van der Waals surface area contributed by atoms with Gasteiger partial charge >= 0.3 is 0 Å². The molecule has 2 aromatic rings. The fourth-order valence-electron chi connectivity index (χ4n) is 3.79. The van der Waals surface area contributed by atoms with E-state index in [-0.39, 0.29) is 5.75 Å². The third-order valence-electron chi connectivity index (χ3n) is 6.09. The van der Waals surface area contributed by atoms with E-state index < -0.39 is 0 Å². The molecule has 2 rings (SSSR count). The summed E-state index contributed by atoms with van der Waals surface area (Å²) in [5, 5.41) is 10.8. The lowest BCUT2D eigenvalue weighted by Crippen LogP contribution is -2.04. The second kappa shape index (κ2) is 17.8. The highest BCUT2D eigenvalue weighted by molar-refractivity contribution is 5.50. The van der Waals surface area contributed by atoms with Crippen molar-refractivity contribution in [3.05, 3.63) is 41.5 Å². The molecular weight excluding hydrogens is 452 g/mol. The number of rotatable bonds is 20. The first-order valence-electron chi connectivity index (χ1n) is 14.1. The summed E-state index contributed by atoms with van der Waals surface area (Å²) >= 11 is 0. The van der Waals surface area contributed by atoms with Gasteiger partial charge < -0.3 is 24.1 Å². The van der Waals surface area contributed by atoms with Gasteiger partial charge in [0.05, 0.1) is 26.4 Å². The molecule has 0 radical (unpaired) electrons. The van der Waals surface area contributed by atoms with Crippen LogP contribution in [-0.2, 0) is 12.8 Å². The van der Waals surface area contributed by atoms with E-state index >= 15 is 0 Å². The third kappa shape index (κ3) is 10.6. The molecule has 0 fully saturated rings. The van der Waals surface area contributed by atoms with Crippen molar-refractivity contribution < 1.29 is 24.1 Å². The van der Waals surface area contributed by atoms with Crippen molar-refractivity contribution in [3.8, 4) is 28.7 Å². The Morgan fingerprint density at radius 1 is 0.556 bits per heavy atom. The van der Waals surface area contributed by atoms with Crippen molar-refractivity contribution in [2.45, 2.75) is 98.3 Å². The number of ether oxygens (including phenoxy) is 4. The summed E-state index contributed by atoms with van der Waals surface area (Å²) in [6, 6.07) is 9.92. The maximum atomic E-state index is 10.8.